The third-order valence-corrected chi connectivity index (χ3v) is 8.08. The minimum absolute atomic E-state index is 0.0321. The van der Waals surface area contributed by atoms with Gasteiger partial charge < -0.3 is 19.3 Å². The lowest BCUT2D eigenvalue weighted by Gasteiger charge is -2.36. The fourth-order valence-corrected chi connectivity index (χ4v) is 5.95. The molecule has 0 aromatic heterocycles. The van der Waals surface area contributed by atoms with Crippen LogP contribution in [0.15, 0.2) is 42.5 Å². The van der Waals surface area contributed by atoms with Gasteiger partial charge in [-0.2, -0.15) is 0 Å². The van der Waals surface area contributed by atoms with Gasteiger partial charge in [-0.1, -0.05) is 23.7 Å². The van der Waals surface area contributed by atoms with Crippen molar-refractivity contribution in [2.45, 2.75) is 17.5 Å². The lowest BCUT2D eigenvalue weighted by molar-refractivity contribution is -0.130. The van der Waals surface area contributed by atoms with Crippen molar-refractivity contribution in [2.24, 2.45) is 0 Å². The summed E-state index contributed by atoms with van der Waals surface area (Å²) in [6, 6.07) is 12.9. The molecule has 4 rings (SSSR count). The van der Waals surface area contributed by atoms with Gasteiger partial charge in [-0.15, -0.1) is 11.8 Å². The number of thioether (sulfide) groups is 1. The van der Waals surface area contributed by atoms with Crippen molar-refractivity contribution in [1.82, 2.24) is 14.7 Å². The first-order chi connectivity index (χ1) is 16.4. The molecular formula is C25H30ClN3O4S. The summed E-state index contributed by atoms with van der Waals surface area (Å²) in [5.74, 6) is 1.59. The molecule has 2 unspecified atom stereocenters. The molecule has 2 atom stereocenters. The fraction of sp³-hybridized carbons (Fsp3) is 0.440. The molecule has 7 nitrogen and oxygen atoms in total. The number of piperazine rings is 1. The van der Waals surface area contributed by atoms with E-state index in [0.717, 1.165) is 36.7 Å². The average Bonchev–Trinajstić information content (AvgIpc) is 3.15. The van der Waals surface area contributed by atoms with Crippen LogP contribution in [0.1, 0.15) is 28.2 Å². The molecule has 2 fully saturated rings. The molecule has 2 aromatic rings. The van der Waals surface area contributed by atoms with E-state index in [4.69, 9.17) is 21.1 Å². The third kappa shape index (κ3) is 5.14. The first-order valence-corrected chi connectivity index (χ1v) is 12.7. The number of halogens is 1. The van der Waals surface area contributed by atoms with Crippen LogP contribution in [0.25, 0.3) is 0 Å². The molecule has 0 spiro atoms. The summed E-state index contributed by atoms with van der Waals surface area (Å²) in [6.45, 7) is 6.09. The summed E-state index contributed by atoms with van der Waals surface area (Å²) in [7, 11) is 3.28. The molecule has 9 heteroatoms. The zero-order valence-electron chi connectivity index (χ0n) is 19.7. The predicted molar refractivity (Wildman–Crippen MR) is 135 cm³/mol. The molecule has 0 saturated carbocycles. The Balaban J connectivity index is 1.39. The van der Waals surface area contributed by atoms with Crippen LogP contribution in [0.5, 0.6) is 11.5 Å². The number of amides is 2. The maximum atomic E-state index is 13.0. The van der Waals surface area contributed by atoms with E-state index < -0.39 is 0 Å². The Morgan fingerprint density at radius 2 is 1.79 bits per heavy atom. The van der Waals surface area contributed by atoms with Crippen LogP contribution in [0, 0.1) is 0 Å². The van der Waals surface area contributed by atoms with Crippen molar-refractivity contribution in [3.05, 3.63) is 58.6 Å². The predicted octanol–water partition coefficient (Wildman–Crippen LogP) is 3.78. The number of hydrogen-bond acceptors (Lipinski definition) is 6. The molecule has 2 saturated heterocycles. The van der Waals surface area contributed by atoms with Gasteiger partial charge >= 0.3 is 0 Å². The van der Waals surface area contributed by atoms with Crippen LogP contribution in [0.3, 0.4) is 0 Å². The normalized spacial score (nSPS) is 21.1. The van der Waals surface area contributed by atoms with E-state index in [-0.39, 0.29) is 22.4 Å². The Morgan fingerprint density at radius 3 is 2.47 bits per heavy atom. The van der Waals surface area contributed by atoms with Gasteiger partial charge in [0.2, 0.25) is 5.91 Å². The van der Waals surface area contributed by atoms with E-state index in [1.54, 1.807) is 38.1 Å². The first-order valence-electron chi connectivity index (χ1n) is 11.4. The summed E-state index contributed by atoms with van der Waals surface area (Å²) < 4.78 is 11.0. The molecule has 2 aliphatic rings. The Labute approximate surface area is 209 Å². The first kappa shape index (κ1) is 24.7. The maximum Gasteiger partial charge on any atom is 0.255 e. The van der Waals surface area contributed by atoms with E-state index in [9.17, 15) is 9.59 Å². The van der Waals surface area contributed by atoms with Crippen LogP contribution in [-0.4, -0.2) is 85.3 Å². The van der Waals surface area contributed by atoms with Crippen molar-refractivity contribution in [3.8, 4) is 11.5 Å². The molecule has 2 amide bonds. The highest BCUT2D eigenvalue weighted by Crippen LogP contribution is 2.46. The van der Waals surface area contributed by atoms with Crippen LogP contribution >= 0.6 is 23.4 Å². The zero-order chi connectivity index (χ0) is 24.2. The van der Waals surface area contributed by atoms with Gasteiger partial charge in [-0.05, 0) is 37.3 Å². The molecule has 0 radical (unpaired) electrons. The number of carbonyl (C=O) groups is 2. The second-order valence-electron chi connectivity index (χ2n) is 8.38. The zero-order valence-corrected chi connectivity index (χ0v) is 21.3. The number of hydrogen-bond donors (Lipinski definition) is 0. The lowest BCUT2D eigenvalue weighted by atomic mass is 10.1. The SMILES string of the molecule is COc1ccc(OC)c(C2SC(C)C(=O)N2CCN2CCN(C(=O)c3ccccc3Cl)CC2)c1. The molecule has 2 aromatic carbocycles. The fourth-order valence-electron chi connectivity index (χ4n) is 4.40. The second kappa shape index (κ2) is 10.9. The number of benzene rings is 2. The lowest BCUT2D eigenvalue weighted by Crippen LogP contribution is -2.50. The monoisotopic (exact) mass is 503 g/mol. The Morgan fingerprint density at radius 1 is 1.06 bits per heavy atom. The van der Waals surface area contributed by atoms with Crippen LogP contribution in [0.2, 0.25) is 5.02 Å². The van der Waals surface area contributed by atoms with Gasteiger partial charge in [0.05, 0.1) is 30.1 Å². The topological polar surface area (TPSA) is 62.3 Å². The Hall–Kier alpha value is -2.42. The van der Waals surface area contributed by atoms with Crippen molar-refractivity contribution in [3.63, 3.8) is 0 Å². The number of methoxy groups -OCH3 is 2. The molecule has 34 heavy (non-hydrogen) atoms. The summed E-state index contributed by atoms with van der Waals surface area (Å²) >= 11 is 7.84. The average molecular weight is 504 g/mol. The van der Waals surface area contributed by atoms with E-state index in [0.29, 0.717) is 30.2 Å². The standard InChI is InChI=1S/C25H30ClN3O4S/c1-17-23(30)29(25(34-17)20-16-18(32-2)8-9-22(20)33-3)15-12-27-10-13-28(14-11-27)24(31)19-6-4-5-7-21(19)26/h4-9,16-17,25H,10-15H2,1-3H3. The highest BCUT2D eigenvalue weighted by molar-refractivity contribution is 8.01. The highest BCUT2D eigenvalue weighted by atomic mass is 35.5. The van der Waals surface area contributed by atoms with Gasteiger partial charge in [-0.25, -0.2) is 0 Å². The summed E-state index contributed by atoms with van der Waals surface area (Å²) in [5, 5.41) is 0.231. The van der Waals surface area contributed by atoms with Gasteiger partial charge in [0.1, 0.15) is 16.9 Å². The minimum atomic E-state index is -0.129. The van der Waals surface area contributed by atoms with Crippen molar-refractivity contribution >= 4 is 35.2 Å². The maximum absolute atomic E-state index is 13.0. The number of ether oxygens (including phenoxy) is 2. The van der Waals surface area contributed by atoms with Crippen LogP contribution in [-0.2, 0) is 4.79 Å². The molecule has 182 valence electrons. The molecule has 0 bridgehead atoms. The van der Waals surface area contributed by atoms with Gasteiger partial charge in [0.25, 0.3) is 5.91 Å². The number of carbonyl (C=O) groups excluding carboxylic acids is 2. The molecule has 2 heterocycles. The van der Waals surface area contributed by atoms with Crippen molar-refractivity contribution in [2.75, 3.05) is 53.5 Å². The van der Waals surface area contributed by atoms with Crippen LogP contribution < -0.4 is 9.47 Å². The smallest absolute Gasteiger partial charge is 0.255 e. The number of nitrogens with zero attached hydrogens (tertiary/aromatic N) is 3. The molecule has 0 aliphatic carbocycles. The van der Waals surface area contributed by atoms with Gasteiger partial charge in [0.15, 0.2) is 0 Å². The molecule has 0 N–H and O–H groups in total. The summed E-state index contributed by atoms with van der Waals surface area (Å²) in [5.41, 5.74) is 1.49. The van der Waals surface area contributed by atoms with Crippen molar-refractivity contribution in [1.29, 1.82) is 0 Å². The number of rotatable bonds is 7. The molecule has 2 aliphatic heterocycles. The Bertz CT molecular complexity index is 1040. The highest BCUT2D eigenvalue weighted by Gasteiger charge is 2.40. The Kier molecular flexibility index (Phi) is 7.91. The quantitative estimate of drug-likeness (QED) is 0.573. The van der Waals surface area contributed by atoms with Gasteiger partial charge in [-0.3, -0.25) is 14.5 Å². The summed E-state index contributed by atoms with van der Waals surface area (Å²) in [6.07, 6.45) is 0. The van der Waals surface area contributed by atoms with Gasteiger partial charge in [0, 0.05) is 44.8 Å². The van der Waals surface area contributed by atoms with Crippen LogP contribution in [0.4, 0.5) is 0 Å². The van der Waals surface area contributed by atoms with E-state index in [2.05, 4.69) is 4.90 Å². The second-order valence-corrected chi connectivity index (χ2v) is 10.2. The molecular weight excluding hydrogens is 474 g/mol. The summed E-state index contributed by atoms with van der Waals surface area (Å²) in [4.78, 5) is 31.9. The largest absolute Gasteiger partial charge is 0.497 e. The third-order valence-electron chi connectivity index (χ3n) is 6.37. The minimum Gasteiger partial charge on any atom is -0.497 e. The van der Waals surface area contributed by atoms with E-state index >= 15 is 0 Å². The van der Waals surface area contributed by atoms with E-state index in [1.807, 2.05) is 47.1 Å². The van der Waals surface area contributed by atoms with Crippen molar-refractivity contribution < 1.29 is 19.1 Å². The van der Waals surface area contributed by atoms with E-state index in [1.165, 1.54) is 0 Å².